The second-order valence-electron chi connectivity index (χ2n) is 7.98. The minimum atomic E-state index is -0.715. The van der Waals surface area contributed by atoms with Gasteiger partial charge in [0, 0.05) is 31.8 Å². The zero-order valence-corrected chi connectivity index (χ0v) is 17.5. The molecule has 30 heavy (non-hydrogen) atoms. The van der Waals surface area contributed by atoms with Crippen LogP contribution in [0.25, 0.3) is 5.69 Å². The van der Waals surface area contributed by atoms with Crippen molar-refractivity contribution in [2.24, 2.45) is 0 Å². The first kappa shape index (κ1) is 21.4. The molecule has 10 heteroatoms. The Labute approximate surface area is 174 Å². The van der Waals surface area contributed by atoms with E-state index in [9.17, 15) is 14.7 Å². The topological polar surface area (TPSA) is 127 Å². The monoisotopic (exact) mass is 417 g/mol. The zero-order valence-electron chi connectivity index (χ0n) is 17.5. The molecule has 0 saturated carbocycles. The van der Waals surface area contributed by atoms with Crippen molar-refractivity contribution in [3.63, 3.8) is 0 Å². The highest BCUT2D eigenvalue weighted by Crippen LogP contribution is 2.33. The van der Waals surface area contributed by atoms with Crippen LogP contribution < -0.4 is 20.7 Å². The summed E-state index contributed by atoms with van der Waals surface area (Å²) in [5, 5.41) is 18.2. The van der Waals surface area contributed by atoms with Crippen molar-refractivity contribution in [2.75, 3.05) is 23.7 Å². The van der Waals surface area contributed by atoms with Crippen LogP contribution in [0.4, 0.5) is 16.3 Å². The van der Waals surface area contributed by atoms with Gasteiger partial charge < -0.3 is 25.2 Å². The van der Waals surface area contributed by atoms with Crippen molar-refractivity contribution < 1.29 is 24.2 Å². The van der Waals surface area contributed by atoms with E-state index in [1.165, 1.54) is 6.92 Å². The van der Waals surface area contributed by atoms with Gasteiger partial charge >= 0.3 is 6.09 Å². The summed E-state index contributed by atoms with van der Waals surface area (Å²) in [5.74, 6) is 1.48. The molecule has 0 unspecified atom stereocenters. The van der Waals surface area contributed by atoms with E-state index in [1.807, 2.05) is 22.8 Å². The van der Waals surface area contributed by atoms with E-state index in [-0.39, 0.29) is 25.6 Å². The zero-order chi connectivity index (χ0) is 21.9. The molecule has 162 valence electrons. The molecule has 1 aliphatic rings. The smallest absolute Gasteiger partial charge is 0.413 e. The van der Waals surface area contributed by atoms with Crippen molar-refractivity contribution in [1.82, 2.24) is 14.9 Å². The highest BCUT2D eigenvalue weighted by Gasteiger charge is 2.22. The number of hydrogen-bond acceptors (Lipinski definition) is 7. The third kappa shape index (κ3) is 5.63. The Bertz CT molecular complexity index is 934. The van der Waals surface area contributed by atoms with Gasteiger partial charge in [0.05, 0.1) is 18.0 Å². The van der Waals surface area contributed by atoms with Gasteiger partial charge in [-0.15, -0.1) is 0 Å². The first-order valence-corrected chi connectivity index (χ1v) is 9.62. The Morgan fingerprint density at radius 2 is 2.10 bits per heavy atom. The number of fused-ring (bicyclic) bond motifs is 3. The molecule has 1 aromatic heterocycles. The lowest BCUT2D eigenvalue weighted by atomic mass is 10.2. The summed E-state index contributed by atoms with van der Waals surface area (Å²) in [7, 11) is 0. The maximum atomic E-state index is 12.0. The number of carbonyl (C=O) groups is 2. The molecule has 1 aliphatic heterocycles. The number of aliphatic hydroxyl groups excluding tert-OH is 1. The molecule has 4 N–H and O–H groups in total. The predicted octanol–water partition coefficient (Wildman–Crippen LogP) is 2.02. The van der Waals surface area contributed by atoms with Gasteiger partial charge in [-0.25, -0.2) is 9.78 Å². The van der Waals surface area contributed by atoms with Crippen molar-refractivity contribution in [1.29, 1.82) is 0 Å². The van der Waals surface area contributed by atoms with E-state index in [2.05, 4.69) is 20.9 Å². The van der Waals surface area contributed by atoms with E-state index in [0.29, 0.717) is 17.4 Å². The molecule has 0 bridgehead atoms. The van der Waals surface area contributed by atoms with Crippen molar-refractivity contribution >= 4 is 23.5 Å². The number of nitrogens with one attached hydrogen (secondary N) is 3. The lowest BCUT2D eigenvalue weighted by Crippen LogP contribution is -2.34. The van der Waals surface area contributed by atoms with E-state index in [1.54, 1.807) is 27.0 Å². The molecule has 3 rings (SSSR count). The molecule has 0 radical (unpaired) electrons. The first-order chi connectivity index (χ1) is 14.1. The summed E-state index contributed by atoms with van der Waals surface area (Å²) in [6, 6.07) is 5.53. The van der Waals surface area contributed by atoms with Crippen LogP contribution in [0.15, 0.2) is 24.4 Å². The number of carbonyl (C=O) groups excluding carboxylic acids is 2. The number of amides is 2. The lowest BCUT2D eigenvalue weighted by Gasteiger charge is -2.20. The standard InChI is InChI=1S/C20H27N5O5/c1-12(26)21-8-14(27)9-22-13-5-6-15-16(7-13)29-11-18-23-17(10-25(15)18)24-19(28)30-20(2,3)4/h5-7,10,14,22,27H,8-9,11H2,1-4H3,(H,21,26)(H,24,28)/t14-/m0/s1. The second kappa shape index (κ2) is 8.62. The van der Waals surface area contributed by atoms with Gasteiger partial charge in [-0.1, -0.05) is 0 Å². The largest absolute Gasteiger partial charge is 0.483 e. The summed E-state index contributed by atoms with van der Waals surface area (Å²) in [6.45, 7) is 7.48. The van der Waals surface area contributed by atoms with E-state index in [0.717, 1.165) is 11.4 Å². The maximum absolute atomic E-state index is 12.0. The maximum Gasteiger partial charge on any atom is 0.413 e. The minimum absolute atomic E-state index is 0.176. The number of aromatic nitrogens is 2. The number of benzene rings is 1. The molecule has 0 saturated heterocycles. The number of aliphatic hydroxyl groups is 1. The summed E-state index contributed by atoms with van der Waals surface area (Å²) in [4.78, 5) is 27.3. The molecule has 0 fully saturated rings. The summed E-state index contributed by atoms with van der Waals surface area (Å²) in [5.41, 5.74) is 0.953. The molecule has 2 aromatic rings. The Morgan fingerprint density at radius 1 is 1.33 bits per heavy atom. The Hall–Kier alpha value is -3.27. The fraction of sp³-hybridized carbons (Fsp3) is 0.450. The van der Waals surface area contributed by atoms with Crippen molar-refractivity contribution in [3.8, 4) is 11.4 Å². The molecular formula is C20H27N5O5. The molecule has 0 aliphatic carbocycles. The number of anilines is 2. The van der Waals surface area contributed by atoms with Crippen LogP contribution in [0.3, 0.4) is 0 Å². The highest BCUT2D eigenvalue weighted by atomic mass is 16.6. The number of imidazole rings is 1. The van der Waals surface area contributed by atoms with Crippen LogP contribution in [0, 0.1) is 0 Å². The van der Waals surface area contributed by atoms with Gasteiger partial charge in [-0.2, -0.15) is 0 Å². The third-order valence-electron chi connectivity index (χ3n) is 4.11. The van der Waals surface area contributed by atoms with Crippen LogP contribution in [-0.2, 0) is 16.1 Å². The van der Waals surface area contributed by atoms with Gasteiger partial charge in [0.2, 0.25) is 5.91 Å². The second-order valence-corrected chi connectivity index (χ2v) is 7.98. The van der Waals surface area contributed by atoms with E-state index in [4.69, 9.17) is 9.47 Å². The SMILES string of the molecule is CC(=O)NC[C@H](O)CNc1ccc2c(c1)OCc1nc(NC(=O)OC(C)(C)C)cn1-2. The highest BCUT2D eigenvalue weighted by molar-refractivity contribution is 5.83. The Morgan fingerprint density at radius 3 is 2.80 bits per heavy atom. The molecule has 0 spiro atoms. The molecule has 2 heterocycles. The molecule has 2 amide bonds. The minimum Gasteiger partial charge on any atom is -0.483 e. The third-order valence-corrected chi connectivity index (χ3v) is 4.11. The first-order valence-electron chi connectivity index (χ1n) is 9.62. The molecule has 1 atom stereocenters. The van der Waals surface area contributed by atoms with Gasteiger partial charge in [-0.3, -0.25) is 14.7 Å². The fourth-order valence-electron chi connectivity index (χ4n) is 2.85. The predicted molar refractivity (Wildman–Crippen MR) is 111 cm³/mol. The lowest BCUT2D eigenvalue weighted by molar-refractivity contribution is -0.119. The summed E-state index contributed by atoms with van der Waals surface area (Å²) < 4.78 is 12.9. The van der Waals surface area contributed by atoms with Crippen LogP contribution in [-0.4, -0.2) is 51.5 Å². The number of ether oxygens (including phenoxy) is 2. The van der Waals surface area contributed by atoms with E-state index >= 15 is 0 Å². The van der Waals surface area contributed by atoms with Gasteiger partial charge in [0.25, 0.3) is 0 Å². The Balaban J connectivity index is 1.66. The average molecular weight is 417 g/mol. The molecular weight excluding hydrogens is 390 g/mol. The number of rotatable bonds is 6. The van der Waals surface area contributed by atoms with Crippen LogP contribution in [0.2, 0.25) is 0 Å². The summed E-state index contributed by atoms with van der Waals surface area (Å²) in [6.07, 6.45) is 0.425. The quantitative estimate of drug-likeness (QED) is 0.566. The molecule has 1 aromatic carbocycles. The molecule has 10 nitrogen and oxygen atoms in total. The van der Waals surface area contributed by atoms with Crippen molar-refractivity contribution in [2.45, 2.75) is 46.0 Å². The van der Waals surface area contributed by atoms with Gasteiger partial charge in [0.15, 0.2) is 11.6 Å². The van der Waals surface area contributed by atoms with Crippen LogP contribution >= 0.6 is 0 Å². The van der Waals surface area contributed by atoms with Gasteiger partial charge in [0.1, 0.15) is 18.0 Å². The Kier molecular flexibility index (Phi) is 6.16. The normalized spacial score (nSPS) is 13.4. The number of hydrogen-bond donors (Lipinski definition) is 4. The summed E-state index contributed by atoms with van der Waals surface area (Å²) >= 11 is 0. The van der Waals surface area contributed by atoms with Crippen LogP contribution in [0.5, 0.6) is 5.75 Å². The fourth-order valence-corrected chi connectivity index (χ4v) is 2.85. The number of nitrogens with zero attached hydrogens (tertiary/aromatic N) is 2. The van der Waals surface area contributed by atoms with Gasteiger partial charge in [-0.05, 0) is 32.9 Å². The van der Waals surface area contributed by atoms with Crippen molar-refractivity contribution in [3.05, 3.63) is 30.2 Å². The van der Waals surface area contributed by atoms with E-state index < -0.39 is 17.8 Å². The average Bonchev–Trinajstić information content (AvgIpc) is 3.05. The van der Waals surface area contributed by atoms with Crippen LogP contribution in [0.1, 0.15) is 33.5 Å².